The number of amides is 1. The number of hydrogen-bond acceptors (Lipinski definition) is 3. The first kappa shape index (κ1) is 20.2. The average Bonchev–Trinajstić information content (AvgIpc) is 2.55. The van der Waals surface area contributed by atoms with Crippen LogP contribution in [-0.2, 0) is 16.2 Å². The van der Waals surface area contributed by atoms with E-state index in [-0.39, 0.29) is 26.7 Å². The average molecular weight is 407 g/mol. The summed E-state index contributed by atoms with van der Waals surface area (Å²) in [6.07, 6.45) is -4.57. The van der Waals surface area contributed by atoms with Gasteiger partial charge in [-0.1, -0.05) is 17.7 Å². The minimum Gasteiger partial charge on any atom is -0.322 e. The largest absolute Gasteiger partial charge is 0.416 e. The SMILES string of the molecule is CNS(=O)(=O)c1ccc(Cl)c(C(=O)Nc2ccc(C)c(C(F)(F)F)c2)c1. The quantitative estimate of drug-likeness (QED) is 0.810. The van der Waals surface area contributed by atoms with Crippen molar-refractivity contribution in [2.45, 2.75) is 18.0 Å². The molecule has 0 spiro atoms. The monoisotopic (exact) mass is 406 g/mol. The highest BCUT2D eigenvalue weighted by Crippen LogP contribution is 2.33. The van der Waals surface area contributed by atoms with Crippen LogP contribution in [0.3, 0.4) is 0 Å². The fourth-order valence-electron chi connectivity index (χ4n) is 2.17. The van der Waals surface area contributed by atoms with Crippen LogP contribution in [0.1, 0.15) is 21.5 Å². The number of carbonyl (C=O) groups is 1. The lowest BCUT2D eigenvalue weighted by Crippen LogP contribution is -2.20. The molecule has 0 aromatic heterocycles. The van der Waals surface area contributed by atoms with Crippen molar-refractivity contribution in [3.05, 3.63) is 58.1 Å². The summed E-state index contributed by atoms with van der Waals surface area (Å²) in [7, 11) is -2.61. The first-order valence-corrected chi connectivity index (χ1v) is 9.04. The number of anilines is 1. The van der Waals surface area contributed by atoms with Crippen molar-refractivity contribution in [2.24, 2.45) is 0 Å². The van der Waals surface area contributed by atoms with Crippen LogP contribution in [0.5, 0.6) is 0 Å². The van der Waals surface area contributed by atoms with Crippen LogP contribution >= 0.6 is 11.6 Å². The van der Waals surface area contributed by atoms with E-state index in [0.29, 0.717) is 0 Å². The minimum atomic E-state index is -4.57. The molecule has 5 nitrogen and oxygen atoms in total. The molecule has 1 amide bonds. The summed E-state index contributed by atoms with van der Waals surface area (Å²) < 4.78 is 64.7. The first-order chi connectivity index (χ1) is 12.0. The van der Waals surface area contributed by atoms with Gasteiger partial charge in [-0.3, -0.25) is 4.79 Å². The zero-order valence-corrected chi connectivity index (χ0v) is 15.2. The number of hydrogen-bond donors (Lipinski definition) is 2. The lowest BCUT2D eigenvalue weighted by molar-refractivity contribution is -0.138. The van der Waals surface area contributed by atoms with Crippen molar-refractivity contribution >= 4 is 33.2 Å². The normalized spacial score (nSPS) is 12.1. The molecule has 0 atom stereocenters. The van der Waals surface area contributed by atoms with Gasteiger partial charge in [0.25, 0.3) is 5.91 Å². The maximum absolute atomic E-state index is 13.0. The second-order valence-electron chi connectivity index (χ2n) is 5.33. The Labute approximate surface area is 153 Å². The Morgan fingerprint density at radius 1 is 1.12 bits per heavy atom. The lowest BCUT2D eigenvalue weighted by atomic mass is 10.1. The second-order valence-corrected chi connectivity index (χ2v) is 7.62. The van der Waals surface area contributed by atoms with Gasteiger partial charge in [0.15, 0.2) is 0 Å². The second kappa shape index (κ2) is 7.26. The summed E-state index contributed by atoms with van der Waals surface area (Å²) >= 11 is 5.92. The fraction of sp³-hybridized carbons (Fsp3) is 0.188. The summed E-state index contributed by atoms with van der Waals surface area (Å²) in [6, 6.07) is 6.81. The Morgan fingerprint density at radius 3 is 2.35 bits per heavy atom. The molecule has 0 saturated carbocycles. The molecule has 2 aromatic rings. The molecule has 0 unspecified atom stereocenters. The highest BCUT2D eigenvalue weighted by Gasteiger charge is 2.32. The van der Waals surface area contributed by atoms with Gasteiger partial charge in [-0.05, 0) is 49.9 Å². The molecular formula is C16H14ClF3N2O3S. The Balaban J connectivity index is 2.38. The Kier molecular flexibility index (Phi) is 5.64. The molecule has 0 aliphatic heterocycles. The molecule has 0 aliphatic rings. The van der Waals surface area contributed by atoms with Crippen molar-refractivity contribution in [3.63, 3.8) is 0 Å². The van der Waals surface area contributed by atoms with Crippen LogP contribution in [0.4, 0.5) is 18.9 Å². The number of carbonyl (C=O) groups excluding carboxylic acids is 1. The molecule has 140 valence electrons. The lowest BCUT2D eigenvalue weighted by Gasteiger charge is -2.13. The van der Waals surface area contributed by atoms with Crippen molar-refractivity contribution in [1.29, 1.82) is 0 Å². The fourth-order valence-corrected chi connectivity index (χ4v) is 3.13. The highest BCUT2D eigenvalue weighted by molar-refractivity contribution is 7.89. The van der Waals surface area contributed by atoms with E-state index < -0.39 is 27.7 Å². The van der Waals surface area contributed by atoms with Gasteiger partial charge in [0, 0.05) is 5.69 Å². The number of benzene rings is 2. The predicted octanol–water partition coefficient (Wildman–Crippen LogP) is 3.83. The third-order valence-corrected chi connectivity index (χ3v) is 5.30. The molecule has 2 rings (SSSR count). The van der Waals surface area contributed by atoms with E-state index in [1.807, 2.05) is 0 Å². The van der Waals surface area contributed by atoms with Crippen LogP contribution in [-0.4, -0.2) is 21.4 Å². The van der Waals surface area contributed by atoms with E-state index in [1.165, 1.54) is 38.2 Å². The summed E-state index contributed by atoms with van der Waals surface area (Å²) in [5, 5.41) is 2.26. The van der Waals surface area contributed by atoms with Gasteiger partial charge >= 0.3 is 6.18 Å². The smallest absolute Gasteiger partial charge is 0.322 e. The number of aryl methyl sites for hydroxylation is 1. The van der Waals surface area contributed by atoms with Gasteiger partial charge in [0.1, 0.15) is 0 Å². The van der Waals surface area contributed by atoms with Gasteiger partial charge < -0.3 is 5.32 Å². The number of nitrogens with one attached hydrogen (secondary N) is 2. The van der Waals surface area contributed by atoms with E-state index in [1.54, 1.807) is 0 Å². The third kappa shape index (κ3) is 4.35. The highest BCUT2D eigenvalue weighted by atomic mass is 35.5. The van der Waals surface area contributed by atoms with Gasteiger partial charge in [-0.15, -0.1) is 0 Å². The number of sulfonamides is 1. The zero-order valence-electron chi connectivity index (χ0n) is 13.6. The number of halogens is 4. The molecule has 2 aromatic carbocycles. The summed E-state index contributed by atoms with van der Waals surface area (Å²) in [4.78, 5) is 12.2. The first-order valence-electron chi connectivity index (χ1n) is 7.18. The van der Waals surface area contributed by atoms with Crippen LogP contribution in [0.2, 0.25) is 5.02 Å². The molecule has 0 saturated heterocycles. The Bertz CT molecular complexity index is 960. The van der Waals surface area contributed by atoms with Crippen molar-refractivity contribution < 1.29 is 26.4 Å². The summed E-state index contributed by atoms with van der Waals surface area (Å²) in [6.45, 7) is 1.30. The molecule has 0 fully saturated rings. The van der Waals surface area contributed by atoms with E-state index >= 15 is 0 Å². The van der Waals surface area contributed by atoms with Crippen molar-refractivity contribution in [2.75, 3.05) is 12.4 Å². The molecule has 10 heteroatoms. The van der Waals surface area contributed by atoms with Gasteiger partial charge in [0.2, 0.25) is 10.0 Å². The van der Waals surface area contributed by atoms with E-state index in [0.717, 1.165) is 12.1 Å². The molecular weight excluding hydrogens is 393 g/mol. The molecule has 0 radical (unpaired) electrons. The third-order valence-electron chi connectivity index (χ3n) is 3.56. The van der Waals surface area contributed by atoms with Crippen molar-refractivity contribution in [3.8, 4) is 0 Å². The van der Waals surface area contributed by atoms with E-state index in [4.69, 9.17) is 11.6 Å². The topological polar surface area (TPSA) is 75.3 Å². The van der Waals surface area contributed by atoms with Gasteiger partial charge in [0.05, 0.1) is 21.0 Å². The number of alkyl halides is 3. The van der Waals surface area contributed by atoms with Crippen LogP contribution in [0.15, 0.2) is 41.3 Å². The van der Waals surface area contributed by atoms with Crippen LogP contribution < -0.4 is 10.0 Å². The molecule has 2 N–H and O–H groups in total. The minimum absolute atomic E-state index is 0.00985. The molecule has 0 bridgehead atoms. The predicted molar refractivity (Wildman–Crippen MR) is 91.8 cm³/mol. The number of rotatable bonds is 4. The van der Waals surface area contributed by atoms with Crippen LogP contribution in [0, 0.1) is 6.92 Å². The molecule has 26 heavy (non-hydrogen) atoms. The van der Waals surface area contributed by atoms with Gasteiger partial charge in [-0.25, -0.2) is 13.1 Å². The van der Waals surface area contributed by atoms with E-state index in [9.17, 15) is 26.4 Å². The Morgan fingerprint density at radius 2 is 1.77 bits per heavy atom. The zero-order chi connectivity index (χ0) is 19.7. The Hall–Kier alpha value is -2.10. The standard InChI is InChI=1S/C16H14ClF3N2O3S/c1-9-3-4-10(7-13(9)16(18,19)20)22-15(23)12-8-11(5-6-14(12)17)26(24,25)21-2/h3-8,21H,1-2H3,(H,22,23). The maximum atomic E-state index is 13.0. The molecule has 0 aliphatic carbocycles. The summed E-state index contributed by atoms with van der Waals surface area (Å²) in [5.41, 5.74) is -1.15. The van der Waals surface area contributed by atoms with Crippen LogP contribution in [0.25, 0.3) is 0 Å². The maximum Gasteiger partial charge on any atom is 0.416 e. The summed E-state index contributed by atoms with van der Waals surface area (Å²) in [5.74, 6) is -0.833. The molecule has 0 heterocycles. The van der Waals surface area contributed by atoms with E-state index in [2.05, 4.69) is 10.0 Å². The van der Waals surface area contributed by atoms with Gasteiger partial charge in [-0.2, -0.15) is 13.2 Å². The van der Waals surface area contributed by atoms with Crippen molar-refractivity contribution in [1.82, 2.24) is 4.72 Å².